The number of benzene rings is 1. The highest BCUT2D eigenvalue weighted by atomic mass is 16.5. The van der Waals surface area contributed by atoms with Crippen LogP contribution in [0.4, 0.5) is 11.5 Å². The van der Waals surface area contributed by atoms with Crippen LogP contribution in [0.15, 0.2) is 41.2 Å². The molecule has 2 aliphatic heterocycles. The Kier molecular flexibility index (Phi) is 6.18. The second-order valence-corrected chi connectivity index (χ2v) is 7.33. The molecule has 2 fully saturated rings. The van der Waals surface area contributed by atoms with Crippen molar-refractivity contribution in [1.29, 1.82) is 0 Å². The molecule has 0 atom stereocenters. The topological polar surface area (TPSA) is 80.1 Å². The number of carbonyl (C=O) groups excluding carboxylic acids is 1. The molecule has 0 N–H and O–H groups in total. The number of nitrogens with zero attached hydrogens (tertiary/aromatic N) is 5. The van der Waals surface area contributed by atoms with Crippen LogP contribution in [-0.4, -0.2) is 80.2 Å². The first-order valence-corrected chi connectivity index (χ1v) is 10.2. The fourth-order valence-corrected chi connectivity index (χ4v) is 3.83. The molecule has 160 valence electrons. The molecule has 0 radical (unpaired) electrons. The lowest BCUT2D eigenvalue weighted by molar-refractivity contribution is -0.132. The summed E-state index contributed by atoms with van der Waals surface area (Å²) in [4.78, 5) is 31.1. The third-order valence-electron chi connectivity index (χ3n) is 5.53. The van der Waals surface area contributed by atoms with E-state index < -0.39 is 0 Å². The van der Waals surface area contributed by atoms with E-state index in [1.165, 1.54) is 10.7 Å². The lowest BCUT2D eigenvalue weighted by atomic mass is 10.2. The molecule has 1 amide bonds. The van der Waals surface area contributed by atoms with E-state index in [0.29, 0.717) is 45.2 Å². The Labute approximate surface area is 175 Å². The van der Waals surface area contributed by atoms with Crippen LogP contribution in [0, 0.1) is 0 Å². The monoisotopic (exact) mass is 413 g/mol. The van der Waals surface area contributed by atoms with Crippen LogP contribution in [0.3, 0.4) is 0 Å². The number of amides is 1. The molecule has 1 aromatic heterocycles. The Morgan fingerprint density at radius 2 is 1.73 bits per heavy atom. The van der Waals surface area contributed by atoms with Gasteiger partial charge in [0.25, 0.3) is 5.56 Å². The summed E-state index contributed by atoms with van der Waals surface area (Å²) in [5.41, 5.74) is 0.760. The van der Waals surface area contributed by atoms with E-state index in [1.807, 2.05) is 24.3 Å². The van der Waals surface area contributed by atoms with Crippen LogP contribution in [0.5, 0.6) is 5.75 Å². The van der Waals surface area contributed by atoms with Gasteiger partial charge in [0.2, 0.25) is 5.91 Å². The first kappa shape index (κ1) is 20.2. The summed E-state index contributed by atoms with van der Waals surface area (Å²) in [6, 6.07) is 11.1. The molecule has 2 aliphatic rings. The van der Waals surface area contributed by atoms with Gasteiger partial charge in [-0.3, -0.25) is 9.59 Å². The van der Waals surface area contributed by atoms with E-state index >= 15 is 0 Å². The minimum Gasteiger partial charge on any atom is -0.495 e. The minimum absolute atomic E-state index is 0.0499. The van der Waals surface area contributed by atoms with E-state index in [2.05, 4.69) is 14.9 Å². The van der Waals surface area contributed by atoms with Crippen molar-refractivity contribution < 1.29 is 14.3 Å². The average Bonchev–Trinajstić information content (AvgIpc) is 2.81. The quantitative estimate of drug-likeness (QED) is 0.704. The molecule has 4 rings (SSSR count). The Morgan fingerprint density at radius 3 is 2.47 bits per heavy atom. The minimum atomic E-state index is -0.270. The number of piperazine rings is 1. The van der Waals surface area contributed by atoms with E-state index in [0.717, 1.165) is 24.5 Å². The highest BCUT2D eigenvalue weighted by Crippen LogP contribution is 2.28. The molecular weight excluding hydrogens is 386 g/mol. The molecule has 3 heterocycles. The third kappa shape index (κ3) is 4.40. The standard InChI is InChI=1S/C21H27N5O4/c1-29-18-5-3-2-4-17(18)23-8-10-25(11-9-23)21(28)16-26-20(27)7-6-19(22-26)24-12-14-30-15-13-24/h2-7H,8-16H2,1H3. The van der Waals surface area contributed by atoms with E-state index in [1.54, 1.807) is 18.1 Å². The summed E-state index contributed by atoms with van der Waals surface area (Å²) in [5, 5.41) is 4.42. The van der Waals surface area contributed by atoms with Crippen LogP contribution >= 0.6 is 0 Å². The van der Waals surface area contributed by atoms with Gasteiger partial charge in [0, 0.05) is 45.3 Å². The molecule has 0 unspecified atom stereocenters. The van der Waals surface area contributed by atoms with Crippen molar-refractivity contribution in [2.75, 3.05) is 69.4 Å². The zero-order chi connectivity index (χ0) is 20.9. The summed E-state index contributed by atoms with van der Waals surface area (Å²) >= 11 is 0. The predicted octanol–water partition coefficient (Wildman–Crippen LogP) is 0.437. The second-order valence-electron chi connectivity index (χ2n) is 7.33. The van der Waals surface area contributed by atoms with Crippen molar-refractivity contribution in [3.63, 3.8) is 0 Å². The number of methoxy groups -OCH3 is 1. The summed E-state index contributed by atoms with van der Waals surface area (Å²) in [7, 11) is 1.66. The van der Waals surface area contributed by atoms with Gasteiger partial charge in [0.1, 0.15) is 18.1 Å². The molecule has 30 heavy (non-hydrogen) atoms. The van der Waals surface area contributed by atoms with Crippen LogP contribution in [0.25, 0.3) is 0 Å². The maximum atomic E-state index is 12.8. The number of aromatic nitrogens is 2. The Morgan fingerprint density at radius 1 is 1.00 bits per heavy atom. The van der Waals surface area contributed by atoms with Gasteiger partial charge >= 0.3 is 0 Å². The molecular formula is C21H27N5O4. The SMILES string of the molecule is COc1ccccc1N1CCN(C(=O)Cn2nc(N3CCOCC3)ccc2=O)CC1. The number of ether oxygens (including phenoxy) is 2. The lowest BCUT2D eigenvalue weighted by Gasteiger charge is -2.36. The molecule has 1 aromatic carbocycles. The first-order valence-electron chi connectivity index (χ1n) is 10.2. The third-order valence-corrected chi connectivity index (χ3v) is 5.53. The Bertz CT molecular complexity index is 933. The van der Waals surface area contributed by atoms with Gasteiger partial charge < -0.3 is 24.2 Å². The molecule has 0 aliphatic carbocycles. The molecule has 0 bridgehead atoms. The van der Waals surface area contributed by atoms with Crippen LogP contribution in [0.2, 0.25) is 0 Å². The fraction of sp³-hybridized carbons (Fsp3) is 0.476. The average molecular weight is 413 g/mol. The lowest BCUT2D eigenvalue weighted by Crippen LogP contribution is -2.50. The van der Waals surface area contributed by atoms with Crippen molar-refractivity contribution in [2.45, 2.75) is 6.54 Å². The first-order chi connectivity index (χ1) is 14.7. The fourth-order valence-electron chi connectivity index (χ4n) is 3.83. The van der Waals surface area contributed by atoms with Crippen molar-refractivity contribution in [2.24, 2.45) is 0 Å². The summed E-state index contributed by atoms with van der Waals surface area (Å²) < 4.78 is 12.1. The van der Waals surface area contributed by atoms with Crippen molar-refractivity contribution in [1.82, 2.24) is 14.7 Å². The Balaban J connectivity index is 1.38. The predicted molar refractivity (Wildman–Crippen MR) is 113 cm³/mol. The number of hydrogen-bond donors (Lipinski definition) is 0. The van der Waals surface area contributed by atoms with Gasteiger partial charge in [-0.2, -0.15) is 5.10 Å². The van der Waals surface area contributed by atoms with Gasteiger partial charge in [0.15, 0.2) is 0 Å². The van der Waals surface area contributed by atoms with Gasteiger partial charge in [0.05, 0.1) is 26.0 Å². The number of rotatable bonds is 5. The number of carbonyl (C=O) groups is 1. The molecule has 0 saturated carbocycles. The van der Waals surface area contributed by atoms with Gasteiger partial charge in [-0.05, 0) is 18.2 Å². The Hall–Kier alpha value is -3.07. The van der Waals surface area contributed by atoms with E-state index in [9.17, 15) is 9.59 Å². The van der Waals surface area contributed by atoms with E-state index in [-0.39, 0.29) is 18.0 Å². The van der Waals surface area contributed by atoms with E-state index in [4.69, 9.17) is 9.47 Å². The van der Waals surface area contributed by atoms with Crippen LogP contribution in [-0.2, 0) is 16.1 Å². The number of morpholine rings is 1. The van der Waals surface area contributed by atoms with Crippen molar-refractivity contribution in [3.05, 3.63) is 46.8 Å². The van der Waals surface area contributed by atoms with Crippen molar-refractivity contribution >= 4 is 17.4 Å². The smallest absolute Gasteiger partial charge is 0.267 e. The van der Waals surface area contributed by atoms with Gasteiger partial charge in [-0.15, -0.1) is 0 Å². The zero-order valence-electron chi connectivity index (χ0n) is 17.2. The van der Waals surface area contributed by atoms with Gasteiger partial charge in [-0.25, -0.2) is 4.68 Å². The normalized spacial score (nSPS) is 17.2. The molecule has 9 heteroatoms. The summed E-state index contributed by atoms with van der Waals surface area (Å²) in [6.45, 7) is 5.28. The number of para-hydroxylation sites is 2. The largest absolute Gasteiger partial charge is 0.495 e. The molecule has 2 saturated heterocycles. The molecule has 9 nitrogen and oxygen atoms in total. The number of hydrogen-bond acceptors (Lipinski definition) is 7. The van der Waals surface area contributed by atoms with Gasteiger partial charge in [-0.1, -0.05) is 12.1 Å². The summed E-state index contributed by atoms with van der Waals surface area (Å²) in [5.74, 6) is 1.43. The molecule has 0 spiro atoms. The maximum Gasteiger partial charge on any atom is 0.267 e. The van der Waals surface area contributed by atoms with Crippen LogP contribution in [0.1, 0.15) is 0 Å². The molecule has 2 aromatic rings. The highest BCUT2D eigenvalue weighted by molar-refractivity contribution is 5.76. The zero-order valence-corrected chi connectivity index (χ0v) is 17.2. The maximum absolute atomic E-state index is 12.8. The highest BCUT2D eigenvalue weighted by Gasteiger charge is 2.24. The second kappa shape index (κ2) is 9.17. The number of anilines is 2. The summed E-state index contributed by atoms with van der Waals surface area (Å²) in [6.07, 6.45) is 0. The van der Waals surface area contributed by atoms with Crippen LogP contribution < -0.4 is 20.1 Å². The van der Waals surface area contributed by atoms with Crippen molar-refractivity contribution in [3.8, 4) is 5.75 Å².